The average molecular weight is 208 g/mol. The van der Waals surface area contributed by atoms with Crippen LogP contribution < -0.4 is 0 Å². The average Bonchev–Trinajstić information content (AvgIpc) is 2.09. The van der Waals surface area contributed by atoms with Gasteiger partial charge < -0.3 is 0 Å². The van der Waals surface area contributed by atoms with Crippen molar-refractivity contribution in [3.63, 3.8) is 0 Å². The molecule has 80 valence electrons. The van der Waals surface area contributed by atoms with E-state index in [4.69, 9.17) is 6.42 Å². The first-order valence-electron chi connectivity index (χ1n) is 5.69. The topological polar surface area (TPSA) is 0 Å². The minimum absolute atomic E-state index is 1.17. The van der Waals surface area contributed by atoms with Gasteiger partial charge in [-0.1, -0.05) is 57.8 Å². The summed E-state index contributed by atoms with van der Waals surface area (Å²) in [5.74, 6) is 2.86. The van der Waals surface area contributed by atoms with Crippen LogP contribution in [0.25, 0.3) is 0 Å². The Morgan fingerprint density at radius 1 is 1.21 bits per heavy atom. The van der Waals surface area contributed by atoms with Crippen molar-refractivity contribution in [2.45, 2.75) is 58.7 Å². The Balaban J connectivity index is 3.91. The fourth-order valence-corrected chi connectivity index (χ4v) is 2.59. The highest BCUT2D eigenvalue weighted by Gasteiger charge is 2.16. The van der Waals surface area contributed by atoms with Gasteiger partial charge in [0.15, 0.2) is 0 Å². The Morgan fingerprint density at radius 3 is 2.29 bits per heavy atom. The predicted octanol–water partition coefficient (Wildman–Crippen LogP) is 4.39. The van der Waals surface area contributed by atoms with Crippen molar-refractivity contribution >= 4 is 8.07 Å². The van der Waals surface area contributed by atoms with Crippen LogP contribution in [0.1, 0.15) is 39.0 Å². The maximum absolute atomic E-state index is 5.52. The van der Waals surface area contributed by atoms with Crippen molar-refractivity contribution in [3.05, 3.63) is 11.3 Å². The van der Waals surface area contributed by atoms with Crippen LogP contribution >= 0.6 is 0 Å². The molecule has 0 bridgehead atoms. The summed E-state index contributed by atoms with van der Waals surface area (Å²) in [6, 6.07) is 0. The van der Waals surface area contributed by atoms with Gasteiger partial charge in [-0.3, -0.25) is 0 Å². The Kier molecular flexibility index (Phi) is 6.66. The Bertz CT molecular complexity index is 212. The van der Waals surface area contributed by atoms with Gasteiger partial charge >= 0.3 is 0 Å². The van der Waals surface area contributed by atoms with Gasteiger partial charge in [-0.25, -0.2) is 0 Å². The van der Waals surface area contributed by atoms with E-state index in [0.717, 1.165) is 0 Å². The molecule has 0 fully saturated rings. The fourth-order valence-electron chi connectivity index (χ4n) is 1.40. The van der Waals surface area contributed by atoms with Crippen LogP contribution in [0.5, 0.6) is 0 Å². The zero-order valence-electron chi connectivity index (χ0n) is 10.2. The molecule has 0 rings (SSSR count). The van der Waals surface area contributed by atoms with Crippen LogP contribution in [0.3, 0.4) is 0 Å². The summed E-state index contributed by atoms with van der Waals surface area (Å²) < 4.78 is 0. The van der Waals surface area contributed by atoms with Crippen molar-refractivity contribution in [3.8, 4) is 12.3 Å². The molecular weight excluding hydrogens is 184 g/mol. The second-order valence-electron chi connectivity index (χ2n) is 4.86. The van der Waals surface area contributed by atoms with Crippen LogP contribution in [0, 0.1) is 12.3 Å². The normalized spacial score (nSPS) is 12.6. The lowest BCUT2D eigenvalue weighted by molar-refractivity contribution is 0.674. The van der Waals surface area contributed by atoms with E-state index < -0.39 is 8.07 Å². The smallest absolute Gasteiger partial charge is 0.0879 e. The zero-order valence-corrected chi connectivity index (χ0v) is 11.2. The molecule has 0 heterocycles. The summed E-state index contributed by atoms with van der Waals surface area (Å²) in [7, 11) is -1.23. The van der Waals surface area contributed by atoms with Crippen molar-refractivity contribution in [2.75, 3.05) is 0 Å². The van der Waals surface area contributed by atoms with Gasteiger partial charge in [0.25, 0.3) is 0 Å². The van der Waals surface area contributed by atoms with Gasteiger partial charge in [0.05, 0.1) is 8.07 Å². The van der Waals surface area contributed by atoms with Crippen LogP contribution in [-0.2, 0) is 0 Å². The Morgan fingerprint density at radius 2 is 1.86 bits per heavy atom. The third-order valence-electron chi connectivity index (χ3n) is 2.37. The molecule has 14 heavy (non-hydrogen) atoms. The molecule has 0 radical (unpaired) electrons. The number of unbranched alkanes of at least 4 members (excludes halogenated alkanes) is 4. The van der Waals surface area contributed by atoms with Crippen LogP contribution in [0.2, 0.25) is 19.6 Å². The summed E-state index contributed by atoms with van der Waals surface area (Å²) >= 11 is 0. The second kappa shape index (κ2) is 6.90. The van der Waals surface area contributed by atoms with Crippen LogP contribution in [-0.4, -0.2) is 8.07 Å². The summed E-state index contributed by atoms with van der Waals surface area (Å²) in [6.45, 7) is 9.17. The predicted molar refractivity (Wildman–Crippen MR) is 69.0 cm³/mol. The third-order valence-corrected chi connectivity index (χ3v) is 4.33. The van der Waals surface area contributed by atoms with Gasteiger partial charge in [-0.2, -0.15) is 0 Å². The maximum Gasteiger partial charge on any atom is 0.0879 e. The van der Waals surface area contributed by atoms with Gasteiger partial charge in [-0.05, 0) is 18.0 Å². The zero-order chi connectivity index (χ0) is 11.0. The van der Waals surface area contributed by atoms with E-state index in [1.807, 2.05) is 0 Å². The highest BCUT2D eigenvalue weighted by molar-refractivity contribution is 6.84. The molecule has 1 heteroatoms. The quantitative estimate of drug-likeness (QED) is 0.345. The maximum atomic E-state index is 5.52. The summed E-state index contributed by atoms with van der Waals surface area (Å²) in [6.07, 6.45) is 14.3. The summed E-state index contributed by atoms with van der Waals surface area (Å²) in [5.41, 5.74) is 0. The van der Waals surface area contributed by atoms with Gasteiger partial charge in [0, 0.05) is 0 Å². The standard InChI is InChI=1S/C13H24Si/c1-6-8-9-10-11-12-13(7-2)14(3,4)5/h2,12H,6,8-11H2,1,3-5H3/b13-12-. The van der Waals surface area contributed by atoms with Gasteiger partial charge in [-0.15, -0.1) is 6.42 Å². The molecule has 0 nitrogen and oxygen atoms in total. The number of allylic oxidation sites excluding steroid dienone is 2. The number of rotatable bonds is 6. The number of terminal acetylenes is 1. The molecule has 0 saturated carbocycles. The lowest BCUT2D eigenvalue weighted by Crippen LogP contribution is -2.22. The molecule has 0 spiro atoms. The molecule has 0 amide bonds. The van der Waals surface area contributed by atoms with Crippen molar-refractivity contribution in [1.82, 2.24) is 0 Å². The largest absolute Gasteiger partial charge is 0.115 e. The van der Waals surface area contributed by atoms with E-state index in [-0.39, 0.29) is 0 Å². The van der Waals surface area contributed by atoms with E-state index in [2.05, 4.69) is 38.6 Å². The molecule has 0 saturated heterocycles. The second-order valence-corrected chi connectivity index (χ2v) is 9.90. The first kappa shape index (κ1) is 13.5. The molecule has 0 aliphatic carbocycles. The molecule has 0 aliphatic heterocycles. The van der Waals surface area contributed by atoms with E-state index in [1.54, 1.807) is 0 Å². The van der Waals surface area contributed by atoms with E-state index in [0.29, 0.717) is 0 Å². The SMILES string of the molecule is C#C/C(=C/CCCCCC)[Si](C)(C)C. The van der Waals surface area contributed by atoms with Crippen LogP contribution in [0.15, 0.2) is 11.3 Å². The van der Waals surface area contributed by atoms with E-state index >= 15 is 0 Å². The lowest BCUT2D eigenvalue weighted by Gasteiger charge is -2.15. The molecule has 0 aromatic carbocycles. The molecule has 0 unspecified atom stereocenters. The highest BCUT2D eigenvalue weighted by atomic mass is 28.3. The first-order chi connectivity index (χ1) is 6.52. The fraction of sp³-hybridized carbons (Fsp3) is 0.692. The molecular formula is C13H24Si. The molecule has 0 N–H and O–H groups in total. The van der Waals surface area contributed by atoms with E-state index in [1.165, 1.54) is 37.3 Å². The molecule has 0 aromatic rings. The Labute approximate surface area is 90.8 Å². The lowest BCUT2D eigenvalue weighted by atomic mass is 10.1. The van der Waals surface area contributed by atoms with Gasteiger partial charge in [0.1, 0.15) is 0 Å². The summed E-state index contributed by atoms with van der Waals surface area (Å²) in [5, 5.41) is 1.29. The molecule has 0 aliphatic rings. The van der Waals surface area contributed by atoms with E-state index in [9.17, 15) is 0 Å². The molecule has 0 atom stereocenters. The number of hydrogen-bond acceptors (Lipinski definition) is 0. The Hall–Kier alpha value is -0.483. The monoisotopic (exact) mass is 208 g/mol. The first-order valence-corrected chi connectivity index (χ1v) is 9.19. The minimum atomic E-state index is -1.23. The van der Waals surface area contributed by atoms with Crippen molar-refractivity contribution < 1.29 is 0 Å². The van der Waals surface area contributed by atoms with Crippen LogP contribution in [0.4, 0.5) is 0 Å². The summed E-state index contributed by atoms with van der Waals surface area (Å²) in [4.78, 5) is 0. The van der Waals surface area contributed by atoms with Crippen molar-refractivity contribution in [2.24, 2.45) is 0 Å². The highest BCUT2D eigenvalue weighted by Crippen LogP contribution is 2.15. The number of hydrogen-bond donors (Lipinski definition) is 0. The minimum Gasteiger partial charge on any atom is -0.115 e. The van der Waals surface area contributed by atoms with Crippen molar-refractivity contribution in [1.29, 1.82) is 0 Å². The molecule has 0 aromatic heterocycles. The van der Waals surface area contributed by atoms with Gasteiger partial charge in [0.2, 0.25) is 0 Å². The third kappa shape index (κ3) is 6.04.